The molecule has 3 N–H and O–H groups in total. The van der Waals surface area contributed by atoms with Gasteiger partial charge in [-0.15, -0.1) is 0 Å². The molecule has 0 bridgehead atoms. The van der Waals surface area contributed by atoms with Crippen LogP contribution in [0.25, 0.3) is 0 Å². The fourth-order valence-corrected chi connectivity index (χ4v) is 2.45. The molecule has 0 aliphatic heterocycles. The summed E-state index contributed by atoms with van der Waals surface area (Å²) in [6, 6.07) is 9.76. The minimum absolute atomic E-state index is 0.0449. The number of carbonyl (C=O) groups excluding carboxylic acids is 1. The number of benzene rings is 1. The lowest BCUT2D eigenvalue weighted by molar-refractivity contribution is -0.124. The van der Waals surface area contributed by atoms with Crippen molar-refractivity contribution in [3.05, 3.63) is 35.9 Å². The summed E-state index contributed by atoms with van der Waals surface area (Å²) in [5.41, 5.74) is 7.12. The van der Waals surface area contributed by atoms with Crippen LogP contribution in [0.5, 0.6) is 0 Å². The summed E-state index contributed by atoms with van der Waals surface area (Å²) in [6.07, 6.45) is 2.07. The molecule has 0 aliphatic carbocycles. The maximum Gasteiger partial charge on any atom is 0.237 e. The van der Waals surface area contributed by atoms with Crippen molar-refractivity contribution in [1.82, 2.24) is 5.32 Å². The molecule has 0 saturated heterocycles. The molecule has 3 nitrogen and oxygen atoms in total. The summed E-state index contributed by atoms with van der Waals surface area (Å²) < 4.78 is 0. The van der Waals surface area contributed by atoms with Gasteiger partial charge in [0.2, 0.25) is 5.91 Å². The van der Waals surface area contributed by atoms with Gasteiger partial charge in [0, 0.05) is 0 Å². The summed E-state index contributed by atoms with van der Waals surface area (Å²) in [5, 5.41) is 3.15. The molecule has 0 saturated carbocycles. The van der Waals surface area contributed by atoms with Crippen LogP contribution in [0.2, 0.25) is 0 Å². The first-order valence-corrected chi connectivity index (χ1v) is 7.62. The lowest BCUT2D eigenvalue weighted by atomic mass is 9.88. The van der Waals surface area contributed by atoms with Crippen molar-refractivity contribution in [2.24, 2.45) is 17.6 Å². The highest BCUT2D eigenvalue weighted by atomic mass is 16.2. The van der Waals surface area contributed by atoms with Gasteiger partial charge in [-0.3, -0.25) is 4.79 Å². The zero-order chi connectivity index (χ0) is 15.1. The Morgan fingerprint density at radius 1 is 1.15 bits per heavy atom. The first-order valence-electron chi connectivity index (χ1n) is 7.62. The second kappa shape index (κ2) is 8.05. The number of nitrogens with one attached hydrogen (secondary N) is 1. The first-order chi connectivity index (χ1) is 9.51. The Morgan fingerprint density at radius 2 is 1.70 bits per heavy atom. The lowest BCUT2D eigenvalue weighted by Crippen LogP contribution is -2.46. The fourth-order valence-electron chi connectivity index (χ4n) is 2.45. The molecule has 1 rings (SSSR count). The van der Waals surface area contributed by atoms with Crippen LogP contribution in [0, 0.1) is 11.8 Å². The molecule has 0 spiro atoms. The van der Waals surface area contributed by atoms with Crippen LogP contribution in [-0.4, -0.2) is 11.9 Å². The fraction of sp³-hybridized carbons (Fsp3) is 0.588. The number of rotatable bonds is 7. The molecule has 2 atom stereocenters. The molecule has 1 amide bonds. The molecule has 3 heteroatoms. The standard InChI is InChI=1S/C17H28N2O/c1-5-13(6-2)16(14-10-8-7-9-11-14)19-17(20)15(18)12(3)4/h7-13,15-16H,5-6,18H2,1-4H3,(H,19,20)/t15-,16?/m1/s1. The van der Waals surface area contributed by atoms with Gasteiger partial charge in [-0.2, -0.15) is 0 Å². The smallest absolute Gasteiger partial charge is 0.237 e. The Labute approximate surface area is 122 Å². The van der Waals surface area contributed by atoms with Crippen molar-refractivity contribution in [2.75, 3.05) is 0 Å². The highest BCUT2D eigenvalue weighted by Crippen LogP contribution is 2.27. The van der Waals surface area contributed by atoms with Crippen molar-refractivity contribution in [3.63, 3.8) is 0 Å². The minimum atomic E-state index is -0.449. The van der Waals surface area contributed by atoms with Crippen LogP contribution < -0.4 is 11.1 Å². The summed E-state index contributed by atoms with van der Waals surface area (Å²) in [4.78, 5) is 12.3. The van der Waals surface area contributed by atoms with E-state index in [9.17, 15) is 4.79 Å². The molecule has 0 aromatic heterocycles. The number of carbonyl (C=O) groups is 1. The van der Waals surface area contributed by atoms with Crippen molar-refractivity contribution < 1.29 is 4.79 Å². The molecule has 112 valence electrons. The van der Waals surface area contributed by atoms with Gasteiger partial charge in [0.25, 0.3) is 0 Å². The van der Waals surface area contributed by atoms with Gasteiger partial charge in [-0.25, -0.2) is 0 Å². The van der Waals surface area contributed by atoms with E-state index in [1.165, 1.54) is 0 Å². The zero-order valence-electron chi connectivity index (χ0n) is 13.1. The average Bonchev–Trinajstić information content (AvgIpc) is 2.47. The molecule has 0 aliphatic rings. The van der Waals surface area contributed by atoms with Gasteiger partial charge in [-0.1, -0.05) is 70.9 Å². The summed E-state index contributed by atoms with van der Waals surface area (Å²) in [5.74, 6) is 0.523. The highest BCUT2D eigenvalue weighted by Gasteiger charge is 2.25. The Balaban J connectivity index is 2.92. The molecule has 1 unspecified atom stereocenters. The molecule has 20 heavy (non-hydrogen) atoms. The molecule has 0 heterocycles. The van der Waals surface area contributed by atoms with E-state index in [1.807, 2.05) is 32.0 Å². The van der Waals surface area contributed by atoms with Crippen LogP contribution in [0.1, 0.15) is 52.1 Å². The third-order valence-corrected chi connectivity index (χ3v) is 4.00. The number of nitrogens with two attached hydrogens (primary N) is 1. The Bertz CT molecular complexity index is 399. The molecule has 0 fully saturated rings. The topological polar surface area (TPSA) is 55.1 Å². The van der Waals surface area contributed by atoms with Crippen LogP contribution in [-0.2, 0) is 4.79 Å². The quantitative estimate of drug-likeness (QED) is 0.803. The first kappa shape index (κ1) is 16.7. The molecular weight excluding hydrogens is 248 g/mol. The third-order valence-electron chi connectivity index (χ3n) is 4.00. The van der Waals surface area contributed by atoms with Crippen LogP contribution in [0.15, 0.2) is 30.3 Å². The summed E-state index contributed by atoms with van der Waals surface area (Å²) >= 11 is 0. The van der Waals surface area contributed by atoms with E-state index >= 15 is 0 Å². The van der Waals surface area contributed by atoms with Gasteiger partial charge < -0.3 is 11.1 Å². The van der Waals surface area contributed by atoms with E-state index in [1.54, 1.807) is 0 Å². The molecule has 0 radical (unpaired) electrons. The maximum absolute atomic E-state index is 12.3. The monoisotopic (exact) mass is 276 g/mol. The third kappa shape index (κ3) is 4.34. The SMILES string of the molecule is CCC(CC)C(NC(=O)[C@H](N)C(C)C)c1ccccc1. The number of hydrogen-bond donors (Lipinski definition) is 2. The largest absolute Gasteiger partial charge is 0.348 e. The van der Waals surface area contributed by atoms with Crippen LogP contribution >= 0.6 is 0 Å². The number of amides is 1. The summed E-state index contributed by atoms with van der Waals surface area (Å²) in [7, 11) is 0. The predicted molar refractivity (Wildman–Crippen MR) is 84.2 cm³/mol. The van der Waals surface area contributed by atoms with E-state index in [0.29, 0.717) is 5.92 Å². The van der Waals surface area contributed by atoms with Gasteiger partial charge in [0.05, 0.1) is 12.1 Å². The van der Waals surface area contributed by atoms with E-state index in [4.69, 9.17) is 5.73 Å². The van der Waals surface area contributed by atoms with Crippen molar-refractivity contribution in [3.8, 4) is 0 Å². The Kier molecular flexibility index (Phi) is 6.73. The zero-order valence-corrected chi connectivity index (χ0v) is 13.1. The van der Waals surface area contributed by atoms with Gasteiger partial charge in [-0.05, 0) is 17.4 Å². The normalized spacial score (nSPS) is 14.3. The van der Waals surface area contributed by atoms with Gasteiger partial charge in [0.15, 0.2) is 0 Å². The average molecular weight is 276 g/mol. The molecule has 1 aromatic rings. The van der Waals surface area contributed by atoms with Gasteiger partial charge in [0.1, 0.15) is 0 Å². The van der Waals surface area contributed by atoms with E-state index in [2.05, 4.69) is 31.3 Å². The summed E-state index contributed by atoms with van der Waals surface area (Å²) in [6.45, 7) is 8.27. The lowest BCUT2D eigenvalue weighted by Gasteiger charge is -2.29. The second-order valence-corrected chi connectivity index (χ2v) is 5.74. The molecular formula is C17H28N2O. The van der Waals surface area contributed by atoms with Crippen LogP contribution in [0.3, 0.4) is 0 Å². The highest BCUT2D eigenvalue weighted by molar-refractivity contribution is 5.82. The van der Waals surface area contributed by atoms with Crippen LogP contribution in [0.4, 0.5) is 0 Å². The number of hydrogen-bond acceptors (Lipinski definition) is 2. The van der Waals surface area contributed by atoms with Crippen molar-refractivity contribution in [2.45, 2.75) is 52.6 Å². The van der Waals surface area contributed by atoms with E-state index < -0.39 is 6.04 Å². The minimum Gasteiger partial charge on any atom is -0.348 e. The maximum atomic E-state index is 12.3. The predicted octanol–water partition coefficient (Wildman–Crippen LogP) is 3.26. The van der Waals surface area contributed by atoms with Crippen molar-refractivity contribution in [1.29, 1.82) is 0 Å². The van der Waals surface area contributed by atoms with E-state index in [0.717, 1.165) is 18.4 Å². The second-order valence-electron chi connectivity index (χ2n) is 5.74. The van der Waals surface area contributed by atoms with E-state index in [-0.39, 0.29) is 17.9 Å². The Hall–Kier alpha value is -1.35. The molecule has 1 aromatic carbocycles. The van der Waals surface area contributed by atoms with Gasteiger partial charge >= 0.3 is 0 Å². The van der Waals surface area contributed by atoms with Crippen molar-refractivity contribution >= 4 is 5.91 Å². The Morgan fingerprint density at radius 3 is 2.15 bits per heavy atom.